The van der Waals surface area contributed by atoms with Crippen molar-refractivity contribution in [3.05, 3.63) is 70.8 Å². The zero-order valence-electron chi connectivity index (χ0n) is 23.2. The van der Waals surface area contributed by atoms with Gasteiger partial charge in [-0.25, -0.2) is 18.9 Å². The van der Waals surface area contributed by atoms with E-state index in [4.69, 9.17) is 0 Å². The number of carbonyl (C=O) groups is 2. The van der Waals surface area contributed by atoms with E-state index in [1.165, 1.54) is 42.5 Å². The lowest BCUT2D eigenvalue weighted by Crippen LogP contribution is -2.50. The molecular weight excluding hydrogens is 575 g/mol. The lowest BCUT2D eigenvalue weighted by Gasteiger charge is -2.33. The number of carboxylic acid groups (broad SMARTS) is 1. The Morgan fingerprint density at radius 3 is 2.07 bits per heavy atom. The standard InChI is InChI=1S/C27H28F7N5O3/c1-6-16-11-19(25(28,26(29,30)31)27(32,33)34)9-15(2)21(16)37-22(40)17-7-8-20(39-14-35-13-36-39)18(10-17)12-38(23(41)42)24(3,4)5/h7-11,13-14H,6,12H2,1-5H3,(H,37,40)(H,41,42). The van der Waals surface area contributed by atoms with Crippen LogP contribution in [0.1, 0.15) is 60.3 Å². The van der Waals surface area contributed by atoms with Gasteiger partial charge < -0.3 is 10.4 Å². The lowest BCUT2D eigenvalue weighted by molar-refractivity contribution is -0.348. The molecule has 0 saturated heterocycles. The molecule has 0 aliphatic carbocycles. The van der Waals surface area contributed by atoms with E-state index in [2.05, 4.69) is 15.4 Å². The second kappa shape index (κ2) is 11.2. The summed E-state index contributed by atoms with van der Waals surface area (Å²) in [4.78, 5) is 30.3. The van der Waals surface area contributed by atoms with Gasteiger partial charge >= 0.3 is 24.1 Å². The molecule has 0 saturated carbocycles. The Morgan fingerprint density at radius 2 is 1.60 bits per heavy atom. The van der Waals surface area contributed by atoms with Crippen LogP contribution in [0.15, 0.2) is 43.0 Å². The van der Waals surface area contributed by atoms with Gasteiger partial charge in [-0.15, -0.1) is 0 Å². The molecular formula is C27H28F7N5O3. The molecule has 0 unspecified atom stereocenters. The Kier molecular flexibility index (Phi) is 8.66. The van der Waals surface area contributed by atoms with Gasteiger partial charge in [-0.3, -0.25) is 9.69 Å². The van der Waals surface area contributed by atoms with Crippen molar-refractivity contribution < 1.29 is 45.4 Å². The summed E-state index contributed by atoms with van der Waals surface area (Å²) in [5.41, 5.74) is -7.80. The Morgan fingerprint density at radius 1 is 0.976 bits per heavy atom. The van der Waals surface area contributed by atoms with Crippen LogP contribution < -0.4 is 5.32 Å². The fourth-order valence-corrected chi connectivity index (χ4v) is 4.36. The predicted molar refractivity (Wildman–Crippen MR) is 138 cm³/mol. The van der Waals surface area contributed by atoms with E-state index in [1.807, 2.05) is 0 Å². The average Bonchev–Trinajstić information content (AvgIpc) is 3.40. The highest BCUT2D eigenvalue weighted by atomic mass is 19.4. The maximum Gasteiger partial charge on any atom is 0.435 e. The normalized spacial score (nSPS) is 12.8. The number of halogens is 7. The van der Waals surface area contributed by atoms with E-state index >= 15 is 0 Å². The smallest absolute Gasteiger partial charge is 0.435 e. The van der Waals surface area contributed by atoms with Crippen molar-refractivity contribution in [2.24, 2.45) is 0 Å². The fourth-order valence-electron chi connectivity index (χ4n) is 4.36. The molecule has 1 heterocycles. The van der Waals surface area contributed by atoms with Gasteiger partial charge in [0.2, 0.25) is 0 Å². The third-order valence-electron chi connectivity index (χ3n) is 6.59. The van der Waals surface area contributed by atoms with Crippen LogP contribution in [-0.2, 0) is 18.6 Å². The maximum atomic E-state index is 14.7. The lowest BCUT2D eigenvalue weighted by atomic mass is 9.89. The first kappa shape index (κ1) is 32.3. The number of rotatable bonds is 7. The van der Waals surface area contributed by atoms with Gasteiger partial charge in [-0.05, 0) is 75.1 Å². The molecule has 0 bridgehead atoms. The van der Waals surface area contributed by atoms with Crippen LogP contribution in [0.25, 0.3) is 5.69 Å². The van der Waals surface area contributed by atoms with Gasteiger partial charge in [0.15, 0.2) is 0 Å². The van der Waals surface area contributed by atoms with Crippen molar-refractivity contribution in [3.8, 4) is 5.69 Å². The summed E-state index contributed by atoms with van der Waals surface area (Å²) in [5, 5.41) is 16.3. The molecule has 0 atom stereocenters. The summed E-state index contributed by atoms with van der Waals surface area (Å²) in [6.07, 6.45) is -11.3. The van der Waals surface area contributed by atoms with Crippen molar-refractivity contribution in [1.29, 1.82) is 0 Å². The zero-order valence-corrected chi connectivity index (χ0v) is 23.2. The molecule has 0 aliphatic rings. The molecule has 8 nitrogen and oxygen atoms in total. The third-order valence-corrected chi connectivity index (χ3v) is 6.59. The number of anilines is 1. The fraction of sp³-hybridized carbons (Fsp3) is 0.407. The SMILES string of the molecule is CCc1cc(C(F)(C(F)(F)F)C(F)(F)F)cc(C)c1NC(=O)c1ccc(-n2cncn2)c(CN(C(=O)O)C(C)(C)C)c1. The van der Waals surface area contributed by atoms with Crippen molar-refractivity contribution in [2.75, 3.05) is 5.32 Å². The van der Waals surface area contributed by atoms with Crippen molar-refractivity contribution in [1.82, 2.24) is 19.7 Å². The second-order valence-corrected chi connectivity index (χ2v) is 10.5. The molecule has 3 rings (SSSR count). The van der Waals surface area contributed by atoms with E-state index < -0.39 is 41.1 Å². The molecule has 0 spiro atoms. The van der Waals surface area contributed by atoms with Crippen molar-refractivity contribution in [3.63, 3.8) is 0 Å². The summed E-state index contributed by atoms with van der Waals surface area (Å²) < 4.78 is 96.2. The number of amides is 2. The number of carbonyl (C=O) groups excluding carboxylic acids is 1. The summed E-state index contributed by atoms with van der Waals surface area (Å²) in [6, 6.07) is 5.11. The number of benzene rings is 2. The number of alkyl halides is 7. The monoisotopic (exact) mass is 603 g/mol. The Bertz CT molecular complexity index is 1450. The van der Waals surface area contributed by atoms with Gasteiger partial charge in [0, 0.05) is 22.4 Å². The van der Waals surface area contributed by atoms with Gasteiger partial charge in [0.05, 0.1) is 12.2 Å². The number of aromatic nitrogens is 3. The summed E-state index contributed by atoms with van der Waals surface area (Å²) in [7, 11) is 0. The molecule has 0 aliphatic heterocycles. The second-order valence-electron chi connectivity index (χ2n) is 10.5. The minimum atomic E-state index is -6.29. The number of nitrogens with one attached hydrogen (secondary N) is 1. The van der Waals surface area contributed by atoms with Crippen LogP contribution in [0.2, 0.25) is 0 Å². The van der Waals surface area contributed by atoms with E-state index in [0.717, 1.165) is 11.8 Å². The van der Waals surface area contributed by atoms with Crippen LogP contribution in [0, 0.1) is 6.92 Å². The topological polar surface area (TPSA) is 100 Å². The molecule has 42 heavy (non-hydrogen) atoms. The quantitative estimate of drug-likeness (QED) is 0.285. The molecule has 15 heteroatoms. The molecule has 2 aromatic carbocycles. The van der Waals surface area contributed by atoms with Crippen LogP contribution in [0.4, 0.5) is 41.2 Å². The highest BCUT2D eigenvalue weighted by molar-refractivity contribution is 6.05. The first-order valence-electron chi connectivity index (χ1n) is 12.5. The molecule has 3 aromatic rings. The summed E-state index contributed by atoms with van der Waals surface area (Å²) in [6.45, 7) is 7.43. The maximum absolute atomic E-state index is 14.7. The van der Waals surface area contributed by atoms with Gasteiger partial charge in [-0.1, -0.05) is 13.0 Å². The summed E-state index contributed by atoms with van der Waals surface area (Å²) in [5.74, 6) is -0.789. The molecule has 2 N–H and O–H groups in total. The van der Waals surface area contributed by atoms with Crippen LogP contribution in [0.3, 0.4) is 0 Å². The zero-order chi connectivity index (χ0) is 31.8. The number of hydrogen-bond donors (Lipinski definition) is 2. The molecule has 1 aromatic heterocycles. The van der Waals surface area contributed by atoms with E-state index in [0.29, 0.717) is 23.4 Å². The number of nitrogens with zero attached hydrogens (tertiary/aromatic N) is 4. The van der Waals surface area contributed by atoms with E-state index in [-0.39, 0.29) is 35.3 Å². The Hall–Kier alpha value is -4.17. The third kappa shape index (κ3) is 6.19. The van der Waals surface area contributed by atoms with Crippen molar-refractivity contribution >= 4 is 17.7 Å². The van der Waals surface area contributed by atoms with E-state index in [9.17, 15) is 45.4 Å². The Balaban J connectivity index is 2.07. The largest absolute Gasteiger partial charge is 0.465 e. The van der Waals surface area contributed by atoms with Crippen LogP contribution in [0.5, 0.6) is 0 Å². The van der Waals surface area contributed by atoms with Crippen LogP contribution >= 0.6 is 0 Å². The van der Waals surface area contributed by atoms with Gasteiger partial charge in [0.1, 0.15) is 12.7 Å². The molecule has 0 radical (unpaired) electrons. The molecule has 228 valence electrons. The first-order chi connectivity index (χ1) is 19.2. The number of aryl methyl sites for hydroxylation is 2. The van der Waals surface area contributed by atoms with Crippen molar-refractivity contribution in [2.45, 2.75) is 71.1 Å². The minimum Gasteiger partial charge on any atom is -0.465 e. The Labute approximate surface area is 236 Å². The minimum absolute atomic E-state index is 0.00376. The summed E-state index contributed by atoms with van der Waals surface area (Å²) >= 11 is 0. The van der Waals surface area contributed by atoms with Crippen LogP contribution in [-0.4, -0.2) is 54.7 Å². The first-order valence-corrected chi connectivity index (χ1v) is 12.5. The highest BCUT2D eigenvalue weighted by Crippen LogP contribution is 2.54. The van der Waals surface area contributed by atoms with E-state index in [1.54, 1.807) is 20.8 Å². The average molecular weight is 604 g/mol. The predicted octanol–water partition coefficient (Wildman–Crippen LogP) is 6.96. The molecule has 0 fully saturated rings. The highest BCUT2D eigenvalue weighted by Gasteiger charge is 2.73. The van der Waals surface area contributed by atoms with Gasteiger partial charge in [0.25, 0.3) is 5.91 Å². The molecule has 2 amide bonds. The number of hydrogen-bond acceptors (Lipinski definition) is 4. The van der Waals surface area contributed by atoms with Gasteiger partial charge in [-0.2, -0.15) is 31.4 Å².